The van der Waals surface area contributed by atoms with E-state index in [0.717, 1.165) is 0 Å². The Bertz CT molecular complexity index is 145. The van der Waals surface area contributed by atoms with E-state index in [9.17, 15) is 3.78 Å². The van der Waals surface area contributed by atoms with Crippen LogP contribution in [0.25, 0.3) is 0 Å². The molecule has 24 heavy (non-hydrogen) atoms. The molecule has 1 N–H and O–H groups in total. The van der Waals surface area contributed by atoms with Crippen molar-refractivity contribution in [2.24, 2.45) is 0 Å². The van der Waals surface area contributed by atoms with Crippen molar-refractivity contribution in [3.05, 3.63) is 0 Å². The van der Waals surface area contributed by atoms with Gasteiger partial charge in [0.2, 0.25) is 0 Å². The molecule has 21 radical (unpaired) electrons. The van der Waals surface area contributed by atoms with E-state index in [1.165, 1.54) is 0 Å². The summed E-state index contributed by atoms with van der Waals surface area (Å²) in [6.07, 6.45) is 0. The van der Waals surface area contributed by atoms with Gasteiger partial charge in [-0.05, 0) is 0 Å². The zero-order valence-electron chi connectivity index (χ0n) is 11.3. The Morgan fingerprint density at radius 3 is 1.04 bits per heavy atom. The molecule has 24 heteroatoms. The molecule has 0 spiro atoms. The Labute approximate surface area is 301 Å². The summed E-state index contributed by atoms with van der Waals surface area (Å²) in [5, 5.41) is 42.1. The van der Waals surface area contributed by atoms with Gasteiger partial charge in [-0.2, -0.15) is 0 Å². The monoisotopic (exact) mass is 1110 g/mol. The average molecular weight is 1110 g/mol. The molecule has 119 valence electrons. The number of hydrogen-bond acceptors (Lipinski definition) is 12. The molecule has 14 nitrogen and oxygen atoms in total. The van der Waals surface area contributed by atoms with Crippen LogP contribution in [0.3, 0.4) is 0 Å². The summed E-state index contributed by atoms with van der Waals surface area (Å²) in [7, 11) is 0. The zero-order valence-corrected chi connectivity index (χ0v) is 37.6. The van der Waals surface area contributed by atoms with E-state index in [4.69, 9.17) is 5.26 Å². The molecule has 0 unspecified atom stereocenters. The molecule has 0 aliphatic rings. The fourth-order valence-corrected chi connectivity index (χ4v) is 0.235. The normalized spacial score (nSPS) is 5.88. The zero-order chi connectivity index (χ0) is 10.5. The van der Waals surface area contributed by atoms with Crippen molar-refractivity contribution in [3.63, 3.8) is 0 Å². The average Bonchev–Trinajstić information content (AvgIpc) is 2.21. The third-order valence-corrected chi connectivity index (χ3v) is 0.604. The number of rotatable bonds is 11. The first-order chi connectivity index (χ1) is 6.91. The van der Waals surface area contributed by atoms with Crippen LogP contribution in [0.1, 0.15) is 0 Å². The molecule has 0 aliphatic heterocycles. The van der Waals surface area contributed by atoms with Gasteiger partial charge in [-0.25, -0.2) is 0 Å². The van der Waals surface area contributed by atoms with Crippen molar-refractivity contribution in [2.75, 3.05) is 0 Å². The van der Waals surface area contributed by atoms with Gasteiger partial charge >= 0.3 is 79.0 Å². The van der Waals surface area contributed by atoms with Crippen LogP contribution < -0.4 is 0 Å². The Morgan fingerprint density at radius 1 is 0.542 bits per heavy atom. The van der Waals surface area contributed by atoms with Crippen LogP contribution in [0.2, 0.25) is 0 Å². The Hall–Kier alpha value is 6.96. The van der Waals surface area contributed by atoms with Gasteiger partial charge in [-0.3, -0.25) is 5.48 Å². The predicted molar refractivity (Wildman–Crippen MR) is 49.8 cm³/mol. The van der Waals surface area contributed by atoms with Gasteiger partial charge in [0.15, 0.2) is 0 Å². The molecular formula is HCrGa5GeLa3O14. The molecular weight excluding hydrogens is 1110 g/mol. The van der Waals surface area contributed by atoms with Gasteiger partial charge in [0, 0.05) is 223 Å². The van der Waals surface area contributed by atoms with E-state index >= 15 is 0 Å². The molecule has 0 bridgehead atoms. The van der Waals surface area contributed by atoms with E-state index in [2.05, 4.69) is 54.3 Å². The summed E-state index contributed by atoms with van der Waals surface area (Å²) in [6.45, 7) is 0. The first-order valence-electron chi connectivity index (χ1n) is 2.24. The van der Waals surface area contributed by atoms with Crippen LogP contribution in [-0.2, 0) is 80.7 Å². The SMILES string of the molecule is [Cr].[Ga].[Ga].[Ga].[Ga].[Ga].[La].[La].[La].[OH].[O]OOOOOOOOOO[O][Ge]=[O]. The van der Waals surface area contributed by atoms with E-state index in [1.54, 1.807) is 0 Å². The summed E-state index contributed by atoms with van der Waals surface area (Å²) in [6, 6.07) is 0. The summed E-state index contributed by atoms with van der Waals surface area (Å²) in [4.78, 5) is 0. The molecule has 0 atom stereocenters. The summed E-state index contributed by atoms with van der Waals surface area (Å²) < 4.78 is 13.3. The molecule has 0 saturated heterocycles. The van der Waals surface area contributed by atoms with E-state index in [0.29, 0.717) is 0 Å². The third-order valence-electron chi connectivity index (χ3n) is 0.318. The molecule has 0 fully saturated rings. The van der Waals surface area contributed by atoms with Gasteiger partial charge in [0.1, 0.15) is 0 Å². The molecule has 0 heterocycles. The van der Waals surface area contributed by atoms with Crippen LogP contribution in [0.15, 0.2) is 0 Å². The van der Waals surface area contributed by atoms with Crippen molar-refractivity contribution < 1.29 is 193 Å². The van der Waals surface area contributed by atoms with Gasteiger partial charge in [0.25, 0.3) is 0 Å². The molecule has 0 rings (SSSR count). The minimum absolute atomic E-state index is 0. The second kappa shape index (κ2) is 69.9. The van der Waals surface area contributed by atoms with Crippen LogP contribution >= 0.6 is 0 Å². The van der Waals surface area contributed by atoms with Crippen molar-refractivity contribution in [1.82, 2.24) is 0 Å². The quantitative estimate of drug-likeness (QED) is 0.0943. The van der Waals surface area contributed by atoms with Crippen LogP contribution in [0.4, 0.5) is 0 Å². The van der Waals surface area contributed by atoms with Crippen LogP contribution in [-0.4, -0.2) is 120 Å². The molecule has 0 aromatic rings. The first kappa shape index (κ1) is 69.8. The molecule has 0 amide bonds. The van der Waals surface area contributed by atoms with Gasteiger partial charge < -0.3 is 0 Å². The predicted octanol–water partition coefficient (Wildman–Crippen LogP) is -3.45. The molecule has 0 saturated carbocycles. The summed E-state index contributed by atoms with van der Waals surface area (Å²) in [5.41, 5.74) is 0. The van der Waals surface area contributed by atoms with E-state index < -0.39 is 15.7 Å². The van der Waals surface area contributed by atoms with Crippen molar-refractivity contribution in [3.8, 4) is 0 Å². The minimum atomic E-state index is -1.95. The maximum atomic E-state index is 9.62. The van der Waals surface area contributed by atoms with Crippen molar-refractivity contribution in [1.29, 1.82) is 0 Å². The van der Waals surface area contributed by atoms with Gasteiger partial charge in [-0.15, -0.1) is 0 Å². The Balaban J connectivity index is -0.0000000188. The maximum absolute atomic E-state index is 9.62. The molecule has 0 aliphatic carbocycles. The molecule has 0 aromatic carbocycles. The second-order valence-electron chi connectivity index (χ2n) is 0.847. The Kier molecular flexibility index (Phi) is 203. The van der Waals surface area contributed by atoms with Crippen LogP contribution in [0, 0.1) is 107 Å². The van der Waals surface area contributed by atoms with Crippen molar-refractivity contribution in [2.45, 2.75) is 0 Å². The Morgan fingerprint density at radius 2 is 0.792 bits per heavy atom. The van der Waals surface area contributed by atoms with E-state index in [-0.39, 0.29) is 229 Å². The fourth-order valence-electron chi connectivity index (χ4n) is 0.118. The van der Waals surface area contributed by atoms with E-state index in [1.807, 2.05) is 0 Å². The third kappa shape index (κ3) is 70.2. The second-order valence-corrected chi connectivity index (χ2v) is 1.55. The van der Waals surface area contributed by atoms with Gasteiger partial charge in [0.05, 0.1) is 0 Å². The summed E-state index contributed by atoms with van der Waals surface area (Å²) in [5.74, 6) is 0. The van der Waals surface area contributed by atoms with Gasteiger partial charge in [-0.1, -0.05) is 0 Å². The fraction of sp³-hybridized carbons (Fsp3) is 0. The topological polar surface area (TPSA) is 168 Å². The summed E-state index contributed by atoms with van der Waals surface area (Å²) >= 11 is -1.95. The first-order valence-corrected chi connectivity index (χ1v) is 3.95. The van der Waals surface area contributed by atoms with Crippen molar-refractivity contribution >= 4 is 115 Å². The molecule has 0 aromatic heterocycles. The number of hydrogen-bond donors (Lipinski definition) is 1. The standard InChI is InChI=1S/Cr.5Ga.GeO13.3La.HO/c;;;;;;2-1-4-6-8-10-12-14-13-11-9-7-5-3;;;;/h;;;;;;;;;;1H. The van der Waals surface area contributed by atoms with Crippen LogP contribution in [0.5, 0.6) is 0 Å².